The largest absolute Gasteiger partial charge is 0.456 e. The molecule has 0 saturated heterocycles. The minimum atomic E-state index is -0.651. The molecule has 4 nitrogen and oxygen atoms in total. The van der Waals surface area contributed by atoms with Crippen molar-refractivity contribution < 1.29 is 21.8 Å². The summed E-state index contributed by atoms with van der Waals surface area (Å²) in [4.78, 5) is 3.08. The molecule has 0 radical (unpaired) electrons. The third kappa shape index (κ3) is 5.97. The van der Waals surface area contributed by atoms with Crippen LogP contribution in [0.15, 0.2) is 99.7 Å². The summed E-state index contributed by atoms with van der Waals surface area (Å²) in [5.41, 5.74) is 11.2. The first kappa shape index (κ1) is 35.8. The minimum Gasteiger partial charge on any atom is -0.456 e. The third-order valence-electron chi connectivity index (χ3n) is 17.7. The second-order valence-corrected chi connectivity index (χ2v) is 26.4. The van der Waals surface area contributed by atoms with Gasteiger partial charge in [-0.25, -0.2) is 0 Å². The van der Waals surface area contributed by atoms with Crippen LogP contribution < -0.4 is 26.0 Å². The number of hydrogen-bond acceptors (Lipinski definition) is 5. The molecule has 5 aliphatic carbocycles. The Labute approximate surface area is 415 Å². The van der Waals surface area contributed by atoms with Crippen molar-refractivity contribution in [3.63, 3.8) is 0 Å². The SMILES string of the molecule is [2H]c1c(-c2cc3c(s2)N(c2ccc(C(C)(C)C)cc2)c2cc(C45CC6CC(CC(C6)C4)C5)cc4c2B3c2c(oc3cc5c(cc23)C(C)(C)CCC5(C)C)O4)c([2H])c2c(oc3c([2H])c([2H])c(C(C)(C)C)c([2H])c32)c1[2H]. The van der Waals surface area contributed by atoms with Crippen LogP contribution in [0.1, 0.15) is 157 Å². The van der Waals surface area contributed by atoms with Crippen LogP contribution in [0, 0.1) is 17.8 Å². The zero-order valence-corrected chi connectivity index (χ0v) is 42.1. The Hall–Kier alpha value is -5.20. The van der Waals surface area contributed by atoms with Crippen molar-refractivity contribution in [1.82, 2.24) is 0 Å². The molecule has 15 rings (SSSR count). The Morgan fingerprint density at radius 1 is 0.662 bits per heavy atom. The van der Waals surface area contributed by atoms with Gasteiger partial charge in [-0.05, 0) is 213 Å². The molecule has 5 aromatic carbocycles. The summed E-state index contributed by atoms with van der Waals surface area (Å²) in [5.74, 6) is 3.58. The van der Waals surface area contributed by atoms with Crippen molar-refractivity contribution in [2.24, 2.45) is 17.8 Å². The molecule has 0 unspecified atom stereocenters. The molecule has 6 heteroatoms. The number of thiophene rings is 1. The molecule has 7 aliphatic rings. The fourth-order valence-corrected chi connectivity index (χ4v) is 15.5. The van der Waals surface area contributed by atoms with E-state index < -0.39 is 5.41 Å². The number of fused-ring (bicyclic) bond motifs is 10. The molecule has 0 N–H and O–H groups in total. The van der Waals surface area contributed by atoms with Crippen LogP contribution in [0.5, 0.6) is 11.7 Å². The molecule has 0 amide bonds. The molecule has 4 bridgehead atoms. The number of hydrogen-bond donors (Lipinski definition) is 0. The van der Waals surface area contributed by atoms with Crippen LogP contribution in [0.4, 0.5) is 16.4 Å². The first-order chi connectivity index (χ1) is 34.8. The van der Waals surface area contributed by atoms with Gasteiger partial charge in [0.25, 0.3) is 12.7 Å². The van der Waals surface area contributed by atoms with Gasteiger partial charge in [-0.2, -0.15) is 0 Å². The number of nitrogens with zero attached hydrogens (tertiary/aromatic N) is 1. The van der Waals surface area contributed by atoms with Gasteiger partial charge in [0, 0.05) is 37.9 Å². The average Bonchev–Trinajstić information content (AvgIpc) is 4.08. The maximum atomic E-state index is 10.1. The zero-order valence-electron chi connectivity index (χ0n) is 47.2. The van der Waals surface area contributed by atoms with E-state index in [2.05, 4.69) is 108 Å². The predicted octanol–water partition coefficient (Wildman–Crippen LogP) is 15.9. The fraction of sp³-hybridized carbons (Fsp3) is 0.419. The van der Waals surface area contributed by atoms with Crippen molar-refractivity contribution in [1.29, 1.82) is 0 Å². The van der Waals surface area contributed by atoms with E-state index in [0.717, 1.165) is 80.1 Å². The molecule has 0 spiro atoms. The summed E-state index contributed by atoms with van der Waals surface area (Å²) in [6, 6.07) is 20.1. The van der Waals surface area contributed by atoms with Crippen molar-refractivity contribution in [2.75, 3.05) is 4.90 Å². The Kier molecular flexibility index (Phi) is 7.15. The van der Waals surface area contributed by atoms with Gasteiger partial charge < -0.3 is 18.5 Å². The maximum absolute atomic E-state index is 10.1. The monoisotopic (exact) mass is 920 g/mol. The fourth-order valence-electron chi connectivity index (χ4n) is 14.3. The lowest BCUT2D eigenvalue weighted by molar-refractivity contribution is -0.00523. The van der Waals surface area contributed by atoms with Gasteiger partial charge in [0.1, 0.15) is 22.5 Å². The molecule has 3 aromatic heterocycles. The highest BCUT2D eigenvalue weighted by Gasteiger charge is 2.54. The summed E-state index contributed by atoms with van der Waals surface area (Å²) in [6.07, 6.45) is 9.78. The molecule has 0 atom stereocenters. The molecule has 68 heavy (non-hydrogen) atoms. The lowest BCUT2D eigenvalue weighted by Crippen LogP contribution is -2.59. The first-order valence-corrected chi connectivity index (χ1v) is 26.1. The topological polar surface area (TPSA) is 38.8 Å². The lowest BCUT2D eigenvalue weighted by Gasteiger charge is -2.57. The van der Waals surface area contributed by atoms with Gasteiger partial charge in [0.05, 0.1) is 13.2 Å². The molecule has 4 saturated carbocycles. The summed E-state index contributed by atoms with van der Waals surface area (Å²) < 4.78 is 77.6. The lowest BCUT2D eigenvalue weighted by atomic mass is 9.34. The number of anilines is 3. The molecular formula is C62H64BNO3S. The quantitative estimate of drug-likeness (QED) is 0.166. The van der Waals surface area contributed by atoms with Crippen LogP contribution in [0.2, 0.25) is 0 Å². The van der Waals surface area contributed by atoms with Crippen molar-refractivity contribution in [3.05, 3.63) is 119 Å². The molecular weight excluding hydrogens is 850 g/mol. The Balaban J connectivity index is 1.07. The number of ether oxygens (including phenoxy) is 1. The zero-order chi connectivity index (χ0) is 51.8. The molecule has 8 aromatic rings. The van der Waals surface area contributed by atoms with Gasteiger partial charge >= 0.3 is 0 Å². The van der Waals surface area contributed by atoms with Crippen LogP contribution in [-0.4, -0.2) is 6.71 Å². The molecule has 5 heterocycles. The predicted molar refractivity (Wildman–Crippen MR) is 285 cm³/mol. The van der Waals surface area contributed by atoms with Crippen molar-refractivity contribution in [3.8, 4) is 22.1 Å². The normalized spacial score (nSPS) is 25.3. The summed E-state index contributed by atoms with van der Waals surface area (Å²) >= 11 is 1.54. The minimum absolute atomic E-state index is 0.00397. The second-order valence-electron chi connectivity index (χ2n) is 25.4. The molecule has 344 valence electrons. The van der Waals surface area contributed by atoms with E-state index >= 15 is 0 Å². The molecule has 4 fully saturated rings. The van der Waals surface area contributed by atoms with E-state index in [9.17, 15) is 5.48 Å². The third-order valence-corrected chi connectivity index (χ3v) is 18.9. The van der Waals surface area contributed by atoms with E-state index in [0.29, 0.717) is 16.4 Å². The maximum Gasteiger partial charge on any atom is 0.285 e. The highest BCUT2D eigenvalue weighted by Crippen LogP contribution is 2.62. The summed E-state index contributed by atoms with van der Waals surface area (Å²) in [7, 11) is 0. The van der Waals surface area contributed by atoms with E-state index in [-0.39, 0.29) is 92.1 Å². The highest BCUT2D eigenvalue weighted by molar-refractivity contribution is 7.23. The van der Waals surface area contributed by atoms with Gasteiger partial charge in [-0.3, -0.25) is 0 Å². The number of rotatable bonds is 3. The standard InChI is InChI=1S/C62H64BNO3S/c1-58(2,3)38-12-15-41(16-13-38)64-48-26-40(62-31-34-21-35(32-62)23-36(22-34)33-62)27-52-55(48)63(54-44-28-45-46(29-51(44)66-57(54)67-52)61(9,10)20-19-60(45,7)8)47-30-53(68-56(47)64)37-11-17-49-42(24-37)43-25-39(59(4,5)6)14-18-50(43)65-49/h11-18,24-30,34-36H,19-23,31-33H2,1-10H3/i11D,14D,17D,18D,24D,25D. The van der Waals surface area contributed by atoms with Gasteiger partial charge in [0.15, 0.2) is 0 Å². The summed E-state index contributed by atoms with van der Waals surface area (Å²) in [5, 5.41) is 2.49. The van der Waals surface area contributed by atoms with Crippen LogP contribution in [-0.2, 0) is 27.1 Å². The van der Waals surface area contributed by atoms with Gasteiger partial charge in [-0.15, -0.1) is 11.3 Å². The van der Waals surface area contributed by atoms with Crippen LogP contribution in [0.25, 0.3) is 43.3 Å². The van der Waals surface area contributed by atoms with Crippen molar-refractivity contribution in [2.45, 2.75) is 148 Å². The Morgan fingerprint density at radius 2 is 1.29 bits per heavy atom. The first-order valence-electron chi connectivity index (χ1n) is 28.3. The van der Waals surface area contributed by atoms with Crippen LogP contribution in [0.3, 0.4) is 0 Å². The van der Waals surface area contributed by atoms with Gasteiger partial charge in [-0.1, -0.05) is 87.4 Å². The van der Waals surface area contributed by atoms with E-state index in [1.54, 1.807) is 11.3 Å². The molecule has 2 aliphatic heterocycles. The Bertz CT molecular complexity index is 3770. The average molecular weight is 920 g/mol. The van der Waals surface area contributed by atoms with Crippen molar-refractivity contribution >= 4 is 83.7 Å². The summed E-state index contributed by atoms with van der Waals surface area (Å²) in [6.45, 7) is 21.6. The van der Waals surface area contributed by atoms with Crippen LogP contribution >= 0.6 is 11.3 Å². The number of benzene rings is 5. The second kappa shape index (κ2) is 13.6. The highest BCUT2D eigenvalue weighted by atomic mass is 32.1. The number of furan rings is 2. The van der Waals surface area contributed by atoms with Gasteiger partial charge in [0.2, 0.25) is 0 Å². The van der Waals surface area contributed by atoms with E-state index in [1.165, 1.54) is 60.8 Å². The van der Waals surface area contributed by atoms with E-state index in [1.807, 2.05) is 20.8 Å². The smallest absolute Gasteiger partial charge is 0.285 e. The Morgan fingerprint density at radius 3 is 1.96 bits per heavy atom. The van der Waals surface area contributed by atoms with E-state index in [4.69, 9.17) is 16.3 Å².